The molecule has 2 heteroatoms. The summed E-state index contributed by atoms with van der Waals surface area (Å²) in [7, 11) is 2.19. The predicted octanol–water partition coefficient (Wildman–Crippen LogP) is -0.480. The van der Waals surface area contributed by atoms with E-state index in [1.807, 2.05) is 0 Å². The molecule has 2 fully saturated rings. The van der Waals surface area contributed by atoms with Crippen molar-refractivity contribution >= 4 is 0 Å². The molecule has 1 N–H and O–H groups in total. The van der Waals surface area contributed by atoms with E-state index in [4.69, 9.17) is 0 Å². The maximum atomic E-state index is 3.40. The summed E-state index contributed by atoms with van der Waals surface area (Å²) in [6.45, 7) is 3.84. The van der Waals surface area contributed by atoms with Crippen LogP contribution in [0.25, 0.3) is 0 Å². The van der Waals surface area contributed by atoms with Crippen LogP contribution in [0.15, 0.2) is 0 Å². The molecule has 0 bridgehead atoms. The molecule has 0 aromatic carbocycles. The lowest BCUT2D eigenvalue weighted by Crippen LogP contribution is -2.51. The second-order valence-corrected chi connectivity index (χ2v) is 3.00. The minimum absolute atomic E-state index is 0.847. The molecule has 2 heterocycles. The third-order valence-corrected chi connectivity index (χ3v) is 2.27. The summed E-state index contributed by atoms with van der Waals surface area (Å²) >= 11 is 0. The van der Waals surface area contributed by atoms with E-state index in [9.17, 15) is 0 Å². The Hall–Kier alpha value is -0.0800. The van der Waals surface area contributed by atoms with Crippen LogP contribution in [-0.4, -0.2) is 37.6 Å². The molecule has 0 spiro atoms. The second kappa shape index (κ2) is 1.45. The van der Waals surface area contributed by atoms with E-state index < -0.39 is 0 Å². The lowest BCUT2D eigenvalue weighted by atomic mass is 9.96. The minimum Gasteiger partial charge on any atom is -0.312 e. The largest absolute Gasteiger partial charge is 0.312 e. The third-order valence-electron chi connectivity index (χ3n) is 2.27. The summed E-state index contributed by atoms with van der Waals surface area (Å²) in [5, 5.41) is 3.40. The highest BCUT2D eigenvalue weighted by Gasteiger charge is 2.36. The van der Waals surface area contributed by atoms with Crippen molar-refractivity contribution < 1.29 is 0 Å². The second-order valence-electron chi connectivity index (χ2n) is 3.00. The molecule has 2 aliphatic rings. The number of nitrogens with zero attached hydrogens (tertiary/aromatic N) is 1. The first-order valence-corrected chi connectivity index (χ1v) is 3.28. The number of hydrogen-bond acceptors (Lipinski definition) is 2. The Labute approximate surface area is 49.9 Å². The van der Waals surface area contributed by atoms with Gasteiger partial charge in [0.25, 0.3) is 0 Å². The number of fused-ring (bicyclic) bond motifs is 1. The van der Waals surface area contributed by atoms with Gasteiger partial charge >= 0.3 is 0 Å². The lowest BCUT2D eigenvalue weighted by molar-refractivity contribution is 0.297. The van der Waals surface area contributed by atoms with Gasteiger partial charge in [0, 0.05) is 31.6 Å². The number of hydrogen-bond donors (Lipinski definition) is 1. The molecule has 2 rings (SSSR count). The molecule has 0 unspecified atom stereocenters. The van der Waals surface area contributed by atoms with Gasteiger partial charge in [-0.1, -0.05) is 0 Å². The van der Waals surface area contributed by atoms with Crippen molar-refractivity contribution in [1.82, 2.24) is 10.2 Å². The zero-order valence-corrected chi connectivity index (χ0v) is 5.22. The zero-order valence-electron chi connectivity index (χ0n) is 5.22. The van der Waals surface area contributed by atoms with Crippen molar-refractivity contribution in [2.75, 3.05) is 26.7 Å². The fourth-order valence-corrected chi connectivity index (χ4v) is 1.67. The standard InChI is InChI=1S/C6H12N2/c1-8-3-5-2-7-6(5)4-8/h5-7H,2-4H2,1H3/t5-,6-/m1/s1. The number of likely N-dealkylation sites (N-methyl/N-ethyl adjacent to an activating group) is 1. The van der Waals surface area contributed by atoms with Crippen molar-refractivity contribution in [1.29, 1.82) is 0 Å². The molecule has 2 aliphatic heterocycles. The Morgan fingerprint density at radius 3 is 2.62 bits per heavy atom. The molecule has 0 aromatic heterocycles. The monoisotopic (exact) mass is 112 g/mol. The van der Waals surface area contributed by atoms with Crippen LogP contribution in [0.4, 0.5) is 0 Å². The van der Waals surface area contributed by atoms with Crippen LogP contribution in [0.3, 0.4) is 0 Å². The van der Waals surface area contributed by atoms with Gasteiger partial charge in [-0.3, -0.25) is 0 Å². The summed E-state index contributed by atoms with van der Waals surface area (Å²) in [5.74, 6) is 0.986. The SMILES string of the molecule is CN1C[C@H]2CN[C@@H]2C1. The average molecular weight is 112 g/mol. The Morgan fingerprint density at radius 2 is 2.38 bits per heavy atom. The van der Waals surface area contributed by atoms with Crippen molar-refractivity contribution in [2.45, 2.75) is 6.04 Å². The van der Waals surface area contributed by atoms with E-state index in [0.717, 1.165) is 12.0 Å². The molecular weight excluding hydrogens is 100 g/mol. The van der Waals surface area contributed by atoms with Crippen LogP contribution in [0.2, 0.25) is 0 Å². The van der Waals surface area contributed by atoms with Crippen molar-refractivity contribution in [3.05, 3.63) is 0 Å². The first-order valence-electron chi connectivity index (χ1n) is 3.28. The fourth-order valence-electron chi connectivity index (χ4n) is 1.67. The number of nitrogens with one attached hydrogen (secondary N) is 1. The molecule has 0 aliphatic carbocycles. The summed E-state index contributed by atoms with van der Waals surface area (Å²) in [5.41, 5.74) is 0. The summed E-state index contributed by atoms with van der Waals surface area (Å²) in [6.07, 6.45) is 0. The van der Waals surface area contributed by atoms with Crippen LogP contribution in [0.1, 0.15) is 0 Å². The van der Waals surface area contributed by atoms with Gasteiger partial charge in [-0.05, 0) is 7.05 Å². The van der Waals surface area contributed by atoms with Gasteiger partial charge in [-0.25, -0.2) is 0 Å². The first kappa shape index (κ1) is 4.77. The van der Waals surface area contributed by atoms with Crippen LogP contribution in [-0.2, 0) is 0 Å². The molecule has 0 amide bonds. The highest BCUT2D eigenvalue weighted by Crippen LogP contribution is 2.21. The van der Waals surface area contributed by atoms with Gasteiger partial charge in [-0.2, -0.15) is 0 Å². The van der Waals surface area contributed by atoms with E-state index in [2.05, 4.69) is 17.3 Å². The van der Waals surface area contributed by atoms with Gasteiger partial charge in [-0.15, -0.1) is 0 Å². The van der Waals surface area contributed by atoms with Crippen LogP contribution in [0, 0.1) is 5.92 Å². The maximum absolute atomic E-state index is 3.40. The molecule has 46 valence electrons. The molecule has 2 saturated heterocycles. The van der Waals surface area contributed by atoms with E-state index in [1.165, 1.54) is 19.6 Å². The molecule has 2 atom stereocenters. The number of rotatable bonds is 0. The molecule has 0 saturated carbocycles. The maximum Gasteiger partial charge on any atom is 0.0247 e. The van der Waals surface area contributed by atoms with E-state index in [-0.39, 0.29) is 0 Å². The highest BCUT2D eigenvalue weighted by atomic mass is 15.2. The highest BCUT2D eigenvalue weighted by molar-refractivity contribution is 4.96. The quantitative estimate of drug-likeness (QED) is 0.455. The predicted molar refractivity (Wildman–Crippen MR) is 32.8 cm³/mol. The van der Waals surface area contributed by atoms with Crippen molar-refractivity contribution in [3.8, 4) is 0 Å². The van der Waals surface area contributed by atoms with Gasteiger partial charge in [0.2, 0.25) is 0 Å². The van der Waals surface area contributed by atoms with E-state index in [0.29, 0.717) is 0 Å². The molecule has 8 heavy (non-hydrogen) atoms. The van der Waals surface area contributed by atoms with E-state index in [1.54, 1.807) is 0 Å². The smallest absolute Gasteiger partial charge is 0.0247 e. The molecule has 0 aromatic rings. The van der Waals surface area contributed by atoms with E-state index >= 15 is 0 Å². The van der Waals surface area contributed by atoms with Crippen molar-refractivity contribution in [3.63, 3.8) is 0 Å². The number of likely N-dealkylation sites (tertiary alicyclic amines) is 1. The van der Waals surface area contributed by atoms with Crippen LogP contribution in [0.5, 0.6) is 0 Å². The molecule has 0 radical (unpaired) electrons. The van der Waals surface area contributed by atoms with Gasteiger partial charge in [0.1, 0.15) is 0 Å². The topological polar surface area (TPSA) is 15.3 Å². The van der Waals surface area contributed by atoms with Gasteiger partial charge < -0.3 is 10.2 Å². The van der Waals surface area contributed by atoms with Crippen LogP contribution >= 0.6 is 0 Å². The summed E-state index contributed by atoms with van der Waals surface area (Å²) < 4.78 is 0. The minimum atomic E-state index is 0.847. The molecule has 2 nitrogen and oxygen atoms in total. The first-order chi connectivity index (χ1) is 3.86. The average Bonchev–Trinajstić information content (AvgIpc) is 1.91. The lowest BCUT2D eigenvalue weighted by Gasteiger charge is -2.30. The normalized spacial score (nSPS) is 46.1. The van der Waals surface area contributed by atoms with Gasteiger partial charge in [0.05, 0.1) is 0 Å². The Balaban J connectivity index is 2.00. The summed E-state index contributed by atoms with van der Waals surface area (Å²) in [4.78, 5) is 2.40. The zero-order chi connectivity index (χ0) is 5.56. The summed E-state index contributed by atoms with van der Waals surface area (Å²) in [6, 6.07) is 0.847. The third kappa shape index (κ3) is 0.501. The van der Waals surface area contributed by atoms with Crippen LogP contribution < -0.4 is 5.32 Å². The van der Waals surface area contributed by atoms with Gasteiger partial charge in [0.15, 0.2) is 0 Å². The molecular formula is C6H12N2. The Kier molecular flexibility index (Phi) is 0.866. The Bertz CT molecular complexity index is 90.7. The van der Waals surface area contributed by atoms with Crippen molar-refractivity contribution in [2.24, 2.45) is 5.92 Å². The fraction of sp³-hybridized carbons (Fsp3) is 1.00. The Morgan fingerprint density at radius 1 is 1.50 bits per heavy atom.